The largest absolute Gasteiger partial charge is 0.350 e. The van der Waals surface area contributed by atoms with Crippen molar-refractivity contribution in [2.24, 2.45) is 0 Å². The molecule has 0 aromatic heterocycles. The van der Waals surface area contributed by atoms with Gasteiger partial charge in [-0.1, -0.05) is 66.0 Å². The van der Waals surface area contributed by atoms with E-state index in [1.807, 2.05) is 20.8 Å². The van der Waals surface area contributed by atoms with Crippen molar-refractivity contribution in [2.75, 3.05) is 10.8 Å². The number of halogens is 3. The minimum absolute atomic E-state index is 0.0203. The second kappa shape index (κ2) is 13.5. The molecule has 11 heteroatoms. The zero-order valence-electron chi connectivity index (χ0n) is 23.6. The highest BCUT2D eigenvalue weighted by molar-refractivity contribution is 7.92. The number of carbonyl (C=O) groups is 2. The standard InChI is InChI=1S/C30H34Cl3N3O4S/c1-6-26(29(38)34-30(3,4)5)35(18-21-12-13-23(32)17-25(21)33)28(37)19-36(27-15-14-22(31)16-20(27)2)41(39,40)24-10-8-7-9-11-24/h7-17,26H,6,18-19H2,1-5H3,(H,34,38)/t26-/m0/s1. The smallest absolute Gasteiger partial charge is 0.264 e. The summed E-state index contributed by atoms with van der Waals surface area (Å²) in [5.41, 5.74) is 0.865. The average Bonchev–Trinajstić information content (AvgIpc) is 2.88. The Balaban J connectivity index is 2.12. The van der Waals surface area contributed by atoms with Gasteiger partial charge >= 0.3 is 0 Å². The van der Waals surface area contributed by atoms with Gasteiger partial charge in [-0.25, -0.2) is 8.42 Å². The van der Waals surface area contributed by atoms with E-state index in [1.54, 1.807) is 68.4 Å². The highest BCUT2D eigenvalue weighted by Gasteiger charge is 2.35. The molecule has 0 fully saturated rings. The molecule has 41 heavy (non-hydrogen) atoms. The lowest BCUT2D eigenvalue weighted by Gasteiger charge is -2.35. The average molecular weight is 639 g/mol. The zero-order valence-corrected chi connectivity index (χ0v) is 26.7. The van der Waals surface area contributed by atoms with Gasteiger partial charge in [-0.2, -0.15) is 0 Å². The molecule has 0 aliphatic carbocycles. The lowest BCUT2D eigenvalue weighted by molar-refractivity contribution is -0.141. The SMILES string of the molecule is CC[C@@H](C(=O)NC(C)(C)C)N(Cc1ccc(Cl)cc1Cl)C(=O)CN(c1ccc(Cl)cc1C)S(=O)(=O)c1ccccc1. The van der Waals surface area contributed by atoms with Gasteiger partial charge in [0.2, 0.25) is 11.8 Å². The molecule has 3 aromatic carbocycles. The van der Waals surface area contributed by atoms with Crippen LogP contribution in [-0.4, -0.2) is 43.3 Å². The molecule has 0 spiro atoms. The van der Waals surface area contributed by atoms with Crippen molar-refractivity contribution < 1.29 is 18.0 Å². The second-order valence-electron chi connectivity index (χ2n) is 10.7. The van der Waals surface area contributed by atoms with E-state index < -0.39 is 34.1 Å². The lowest BCUT2D eigenvalue weighted by atomic mass is 10.1. The minimum atomic E-state index is -4.19. The predicted molar refractivity (Wildman–Crippen MR) is 166 cm³/mol. The molecule has 7 nitrogen and oxygen atoms in total. The van der Waals surface area contributed by atoms with E-state index in [0.717, 1.165) is 4.31 Å². The van der Waals surface area contributed by atoms with Crippen LogP contribution >= 0.6 is 34.8 Å². The van der Waals surface area contributed by atoms with Gasteiger partial charge in [-0.3, -0.25) is 13.9 Å². The molecular weight excluding hydrogens is 605 g/mol. The molecule has 0 saturated carbocycles. The highest BCUT2D eigenvalue weighted by Crippen LogP contribution is 2.30. The van der Waals surface area contributed by atoms with Crippen LogP contribution in [0, 0.1) is 6.92 Å². The first kappa shape index (κ1) is 32.7. The third kappa shape index (κ3) is 8.38. The predicted octanol–water partition coefficient (Wildman–Crippen LogP) is 6.87. The summed E-state index contributed by atoms with van der Waals surface area (Å²) in [5.74, 6) is -0.945. The van der Waals surface area contributed by atoms with Crippen molar-refractivity contribution in [1.82, 2.24) is 10.2 Å². The van der Waals surface area contributed by atoms with Crippen LogP contribution in [-0.2, 0) is 26.2 Å². The number of hydrogen-bond donors (Lipinski definition) is 1. The van der Waals surface area contributed by atoms with Crippen LogP contribution in [0.15, 0.2) is 71.6 Å². The number of nitrogens with zero attached hydrogens (tertiary/aromatic N) is 2. The Morgan fingerprint density at radius 1 is 0.927 bits per heavy atom. The maximum atomic E-state index is 14.2. The number of sulfonamides is 1. The Morgan fingerprint density at radius 2 is 1.54 bits per heavy atom. The second-order valence-corrected chi connectivity index (χ2v) is 13.8. The molecule has 1 atom stereocenters. The quantitative estimate of drug-likeness (QED) is 0.263. The van der Waals surface area contributed by atoms with Crippen molar-refractivity contribution in [2.45, 2.75) is 64.1 Å². The Hall–Kier alpha value is -2.78. The molecule has 0 unspecified atom stereocenters. The van der Waals surface area contributed by atoms with E-state index in [9.17, 15) is 18.0 Å². The van der Waals surface area contributed by atoms with Gasteiger partial charge < -0.3 is 10.2 Å². The first-order valence-corrected chi connectivity index (χ1v) is 15.6. The number of nitrogens with one attached hydrogen (secondary N) is 1. The highest BCUT2D eigenvalue weighted by atomic mass is 35.5. The van der Waals surface area contributed by atoms with Crippen molar-refractivity contribution >= 4 is 62.3 Å². The number of hydrogen-bond acceptors (Lipinski definition) is 4. The number of carbonyl (C=O) groups excluding carboxylic acids is 2. The van der Waals surface area contributed by atoms with E-state index in [2.05, 4.69) is 5.32 Å². The number of benzene rings is 3. The molecule has 1 N–H and O–H groups in total. The van der Waals surface area contributed by atoms with Gasteiger partial charge in [-0.05, 0) is 87.7 Å². The fraction of sp³-hybridized carbons (Fsp3) is 0.333. The topological polar surface area (TPSA) is 86.8 Å². The molecule has 0 bridgehead atoms. The Kier molecular flexibility index (Phi) is 10.7. The number of amides is 2. The molecule has 0 aliphatic rings. The summed E-state index contributed by atoms with van der Waals surface area (Å²) in [6, 6.07) is 16.6. The fourth-order valence-corrected chi connectivity index (χ4v) is 6.53. The summed E-state index contributed by atoms with van der Waals surface area (Å²) in [7, 11) is -4.19. The maximum Gasteiger partial charge on any atom is 0.264 e. The summed E-state index contributed by atoms with van der Waals surface area (Å²) in [5, 5.41) is 4.11. The normalized spacial score (nSPS) is 12.5. The summed E-state index contributed by atoms with van der Waals surface area (Å²) < 4.78 is 28.9. The van der Waals surface area contributed by atoms with E-state index in [1.165, 1.54) is 17.0 Å². The van der Waals surface area contributed by atoms with Crippen LogP contribution in [0.3, 0.4) is 0 Å². The third-order valence-corrected chi connectivity index (χ3v) is 8.87. The summed E-state index contributed by atoms with van der Waals surface area (Å²) in [6.07, 6.45) is 0.282. The van der Waals surface area contributed by atoms with E-state index in [4.69, 9.17) is 34.8 Å². The van der Waals surface area contributed by atoms with Crippen molar-refractivity contribution in [3.05, 3.63) is 92.9 Å². The molecule has 0 radical (unpaired) electrons. The molecule has 3 aromatic rings. The molecular formula is C30H34Cl3N3O4S. The monoisotopic (exact) mass is 637 g/mol. The minimum Gasteiger partial charge on any atom is -0.350 e. The van der Waals surface area contributed by atoms with E-state index in [0.29, 0.717) is 31.9 Å². The number of anilines is 1. The fourth-order valence-electron chi connectivity index (χ4n) is 4.34. The van der Waals surface area contributed by atoms with E-state index in [-0.39, 0.29) is 23.8 Å². The molecule has 2 amide bonds. The zero-order chi connectivity index (χ0) is 30.5. The summed E-state index contributed by atoms with van der Waals surface area (Å²) in [4.78, 5) is 29.0. The lowest BCUT2D eigenvalue weighted by Crippen LogP contribution is -2.55. The number of aryl methyl sites for hydroxylation is 1. The molecule has 0 heterocycles. The first-order valence-electron chi connectivity index (χ1n) is 13.0. The van der Waals surface area contributed by atoms with Crippen LogP contribution in [0.25, 0.3) is 0 Å². The molecule has 0 saturated heterocycles. The van der Waals surface area contributed by atoms with Gasteiger partial charge in [-0.15, -0.1) is 0 Å². The van der Waals surface area contributed by atoms with Crippen LogP contribution in [0.5, 0.6) is 0 Å². The van der Waals surface area contributed by atoms with Gasteiger partial charge in [0.15, 0.2) is 0 Å². The molecule has 220 valence electrons. The van der Waals surface area contributed by atoms with E-state index >= 15 is 0 Å². The number of rotatable bonds is 10. The van der Waals surface area contributed by atoms with Gasteiger partial charge in [0.25, 0.3) is 10.0 Å². The van der Waals surface area contributed by atoms with Crippen LogP contribution in [0.1, 0.15) is 45.2 Å². The van der Waals surface area contributed by atoms with Crippen LogP contribution in [0.2, 0.25) is 15.1 Å². The summed E-state index contributed by atoms with van der Waals surface area (Å²) in [6.45, 7) is 8.44. The van der Waals surface area contributed by atoms with Gasteiger partial charge in [0.1, 0.15) is 12.6 Å². The Labute approximate surface area is 257 Å². The molecule has 0 aliphatic heterocycles. The maximum absolute atomic E-state index is 14.2. The van der Waals surface area contributed by atoms with Crippen molar-refractivity contribution in [3.8, 4) is 0 Å². The van der Waals surface area contributed by atoms with Gasteiger partial charge in [0.05, 0.1) is 10.6 Å². The van der Waals surface area contributed by atoms with Crippen molar-refractivity contribution in [1.29, 1.82) is 0 Å². The Bertz CT molecular complexity index is 1510. The molecule has 3 rings (SSSR count). The summed E-state index contributed by atoms with van der Waals surface area (Å²) >= 11 is 18.7. The first-order chi connectivity index (χ1) is 19.1. The van der Waals surface area contributed by atoms with Gasteiger partial charge in [0, 0.05) is 27.2 Å². The van der Waals surface area contributed by atoms with Crippen LogP contribution in [0.4, 0.5) is 5.69 Å². The van der Waals surface area contributed by atoms with Crippen LogP contribution < -0.4 is 9.62 Å². The third-order valence-electron chi connectivity index (χ3n) is 6.28. The Morgan fingerprint density at radius 3 is 2.10 bits per heavy atom. The van der Waals surface area contributed by atoms with Crippen molar-refractivity contribution in [3.63, 3.8) is 0 Å².